The van der Waals surface area contributed by atoms with E-state index in [1.165, 1.54) is 22.2 Å². The van der Waals surface area contributed by atoms with Crippen LogP contribution in [0.2, 0.25) is 0 Å². The molecule has 3 aromatic rings. The predicted octanol–water partition coefficient (Wildman–Crippen LogP) is 3.81. The fraction of sp³-hybridized carbons (Fsp3) is 0.412. The summed E-state index contributed by atoms with van der Waals surface area (Å²) in [6.45, 7) is 6.35. The first-order chi connectivity index (χ1) is 10.5. The van der Waals surface area contributed by atoms with Crippen LogP contribution in [0.15, 0.2) is 12.3 Å². The van der Waals surface area contributed by atoms with E-state index < -0.39 is 0 Å². The highest BCUT2D eigenvalue weighted by Gasteiger charge is 2.24. The number of rotatable bonds is 1. The molecular formula is C17H20N4S. The van der Waals surface area contributed by atoms with Crippen molar-refractivity contribution < 1.29 is 0 Å². The van der Waals surface area contributed by atoms with Crippen LogP contribution in [0.4, 0.5) is 5.82 Å². The number of hydrogen-bond donors (Lipinski definition) is 1. The SMILES string of the molecule is Cc1cc(N)n(-c2nc(C)nc3sc4c(c23)CC[C@H](C)C4)c1. The molecule has 22 heavy (non-hydrogen) atoms. The highest BCUT2D eigenvalue weighted by molar-refractivity contribution is 7.18. The molecule has 1 aliphatic rings. The van der Waals surface area contributed by atoms with E-state index in [1.54, 1.807) is 0 Å². The van der Waals surface area contributed by atoms with Crippen molar-refractivity contribution in [2.45, 2.75) is 40.0 Å². The third kappa shape index (κ3) is 2.03. The lowest BCUT2D eigenvalue weighted by Crippen LogP contribution is -2.10. The summed E-state index contributed by atoms with van der Waals surface area (Å²) in [4.78, 5) is 12.0. The van der Waals surface area contributed by atoms with Gasteiger partial charge in [-0.3, -0.25) is 4.57 Å². The normalized spacial score (nSPS) is 17.9. The minimum atomic E-state index is 0.737. The van der Waals surface area contributed by atoms with Gasteiger partial charge in [0.1, 0.15) is 16.5 Å². The minimum Gasteiger partial charge on any atom is -0.385 e. The number of nitrogens with zero attached hydrogens (tertiary/aromatic N) is 3. The molecule has 0 saturated heterocycles. The largest absolute Gasteiger partial charge is 0.385 e. The number of aryl methyl sites for hydroxylation is 3. The van der Waals surface area contributed by atoms with Crippen molar-refractivity contribution in [3.05, 3.63) is 34.1 Å². The molecule has 0 saturated carbocycles. The van der Waals surface area contributed by atoms with Crippen molar-refractivity contribution in [2.24, 2.45) is 5.92 Å². The first-order valence-electron chi connectivity index (χ1n) is 7.76. The van der Waals surface area contributed by atoms with E-state index >= 15 is 0 Å². The third-order valence-electron chi connectivity index (χ3n) is 4.46. The summed E-state index contributed by atoms with van der Waals surface area (Å²) in [5.41, 5.74) is 8.78. The van der Waals surface area contributed by atoms with E-state index in [9.17, 15) is 0 Å². The molecule has 0 radical (unpaired) electrons. The van der Waals surface area contributed by atoms with Gasteiger partial charge in [0.25, 0.3) is 0 Å². The Morgan fingerprint density at radius 2 is 2.14 bits per heavy atom. The molecule has 4 nitrogen and oxygen atoms in total. The standard InChI is InChI=1S/C17H20N4S/c1-9-4-5-12-13(6-9)22-17-15(12)16(19-11(3)20-17)21-8-10(2)7-14(21)18/h7-9H,4-6,18H2,1-3H3/t9-/m0/s1. The minimum absolute atomic E-state index is 0.737. The molecule has 0 aliphatic heterocycles. The Labute approximate surface area is 134 Å². The van der Waals surface area contributed by atoms with Gasteiger partial charge in [0.05, 0.1) is 5.39 Å². The summed E-state index contributed by atoms with van der Waals surface area (Å²) in [6.07, 6.45) is 5.59. The average Bonchev–Trinajstić information content (AvgIpc) is 2.96. The lowest BCUT2D eigenvalue weighted by molar-refractivity contribution is 0.509. The molecule has 0 bridgehead atoms. The molecule has 3 aromatic heterocycles. The molecule has 5 heteroatoms. The smallest absolute Gasteiger partial charge is 0.151 e. The third-order valence-corrected chi connectivity index (χ3v) is 5.61. The zero-order chi connectivity index (χ0) is 15.4. The van der Waals surface area contributed by atoms with Crippen LogP contribution in [0.1, 0.15) is 35.2 Å². The molecule has 0 fully saturated rings. The van der Waals surface area contributed by atoms with Gasteiger partial charge in [0.2, 0.25) is 0 Å². The topological polar surface area (TPSA) is 56.7 Å². The fourth-order valence-electron chi connectivity index (χ4n) is 3.40. The maximum Gasteiger partial charge on any atom is 0.151 e. The maximum absolute atomic E-state index is 6.19. The summed E-state index contributed by atoms with van der Waals surface area (Å²) in [6, 6.07) is 1.99. The second-order valence-electron chi connectivity index (χ2n) is 6.44. The van der Waals surface area contributed by atoms with E-state index in [1.807, 2.05) is 28.9 Å². The van der Waals surface area contributed by atoms with Crippen LogP contribution in [0.3, 0.4) is 0 Å². The molecule has 0 unspecified atom stereocenters. The Morgan fingerprint density at radius 1 is 1.32 bits per heavy atom. The quantitative estimate of drug-likeness (QED) is 0.743. The van der Waals surface area contributed by atoms with Crippen molar-refractivity contribution in [2.75, 3.05) is 5.73 Å². The first-order valence-corrected chi connectivity index (χ1v) is 8.58. The van der Waals surface area contributed by atoms with Gasteiger partial charge in [-0.05, 0) is 56.2 Å². The molecule has 0 aromatic carbocycles. The van der Waals surface area contributed by atoms with Gasteiger partial charge in [-0.15, -0.1) is 11.3 Å². The van der Waals surface area contributed by atoms with Crippen LogP contribution in [0.5, 0.6) is 0 Å². The van der Waals surface area contributed by atoms with Crippen molar-refractivity contribution in [3.8, 4) is 5.82 Å². The fourth-order valence-corrected chi connectivity index (χ4v) is 4.83. The number of nitrogen functional groups attached to an aromatic ring is 1. The molecule has 2 N–H and O–H groups in total. The summed E-state index contributed by atoms with van der Waals surface area (Å²) in [7, 11) is 0. The van der Waals surface area contributed by atoms with E-state index in [2.05, 4.69) is 25.0 Å². The van der Waals surface area contributed by atoms with Crippen molar-refractivity contribution in [1.82, 2.24) is 14.5 Å². The Kier molecular flexibility index (Phi) is 3.01. The number of fused-ring (bicyclic) bond motifs is 3. The Balaban J connectivity index is 2.04. The van der Waals surface area contributed by atoms with Crippen molar-refractivity contribution in [1.29, 1.82) is 0 Å². The van der Waals surface area contributed by atoms with E-state index in [0.717, 1.165) is 46.6 Å². The van der Waals surface area contributed by atoms with Crippen LogP contribution in [0, 0.1) is 19.8 Å². The predicted molar refractivity (Wildman–Crippen MR) is 91.8 cm³/mol. The highest BCUT2D eigenvalue weighted by atomic mass is 32.1. The second-order valence-corrected chi connectivity index (χ2v) is 7.52. The van der Waals surface area contributed by atoms with Crippen LogP contribution in [-0.4, -0.2) is 14.5 Å². The lowest BCUT2D eigenvalue weighted by atomic mass is 9.89. The Hall–Kier alpha value is -1.88. The van der Waals surface area contributed by atoms with Crippen molar-refractivity contribution in [3.63, 3.8) is 0 Å². The Bertz CT molecular complexity index is 875. The summed E-state index contributed by atoms with van der Waals surface area (Å²) >= 11 is 1.83. The van der Waals surface area contributed by atoms with Crippen LogP contribution < -0.4 is 5.73 Å². The molecule has 1 aliphatic carbocycles. The first kappa shape index (κ1) is 13.8. The number of thiophene rings is 1. The molecule has 3 heterocycles. The molecule has 0 amide bonds. The van der Waals surface area contributed by atoms with E-state index in [0.29, 0.717) is 0 Å². The number of anilines is 1. The zero-order valence-corrected chi connectivity index (χ0v) is 14.0. The number of hydrogen-bond acceptors (Lipinski definition) is 4. The van der Waals surface area contributed by atoms with Crippen molar-refractivity contribution >= 4 is 27.4 Å². The zero-order valence-electron chi connectivity index (χ0n) is 13.2. The number of nitrogens with two attached hydrogens (primary N) is 1. The number of aromatic nitrogens is 3. The van der Waals surface area contributed by atoms with E-state index in [4.69, 9.17) is 10.7 Å². The lowest BCUT2D eigenvalue weighted by Gasteiger charge is -2.18. The van der Waals surface area contributed by atoms with E-state index in [-0.39, 0.29) is 0 Å². The molecule has 0 spiro atoms. The van der Waals surface area contributed by atoms with Gasteiger partial charge >= 0.3 is 0 Å². The van der Waals surface area contributed by atoms with Gasteiger partial charge in [-0.25, -0.2) is 9.97 Å². The summed E-state index contributed by atoms with van der Waals surface area (Å²) < 4.78 is 2.01. The van der Waals surface area contributed by atoms with Gasteiger partial charge < -0.3 is 5.73 Å². The molecule has 4 rings (SSSR count). The van der Waals surface area contributed by atoms with Crippen LogP contribution in [0.25, 0.3) is 16.0 Å². The average molecular weight is 312 g/mol. The van der Waals surface area contributed by atoms with Crippen LogP contribution >= 0.6 is 11.3 Å². The van der Waals surface area contributed by atoms with Gasteiger partial charge in [-0.2, -0.15) is 0 Å². The summed E-state index contributed by atoms with van der Waals surface area (Å²) in [5, 5.41) is 1.21. The Morgan fingerprint density at radius 3 is 2.86 bits per heavy atom. The maximum atomic E-state index is 6.19. The van der Waals surface area contributed by atoms with Gasteiger partial charge in [0.15, 0.2) is 5.82 Å². The molecule has 1 atom stereocenters. The molecular weight excluding hydrogens is 292 g/mol. The summed E-state index contributed by atoms with van der Waals surface area (Å²) in [5.74, 6) is 3.25. The second kappa shape index (κ2) is 4.81. The van der Waals surface area contributed by atoms with Gasteiger partial charge in [-0.1, -0.05) is 6.92 Å². The van der Waals surface area contributed by atoms with Crippen LogP contribution in [-0.2, 0) is 12.8 Å². The molecule has 114 valence electrons. The van der Waals surface area contributed by atoms with Gasteiger partial charge in [0, 0.05) is 11.1 Å². The monoisotopic (exact) mass is 312 g/mol. The highest BCUT2D eigenvalue weighted by Crippen LogP contribution is 2.39.